The normalized spacial score (nSPS) is 18.9. The third kappa shape index (κ3) is 4.69. The van der Waals surface area contributed by atoms with E-state index in [9.17, 15) is 9.59 Å². The quantitative estimate of drug-likeness (QED) is 0.690. The second kappa shape index (κ2) is 9.63. The molecule has 0 bridgehead atoms. The van der Waals surface area contributed by atoms with E-state index in [1.165, 1.54) is 28.8 Å². The first-order valence-electron chi connectivity index (χ1n) is 11.4. The number of anilines is 2. The molecule has 2 aliphatic rings. The molecule has 4 rings (SSSR count). The van der Waals surface area contributed by atoms with Crippen LogP contribution in [-0.4, -0.2) is 56.6 Å². The van der Waals surface area contributed by atoms with Gasteiger partial charge in [0.2, 0.25) is 5.91 Å². The van der Waals surface area contributed by atoms with Crippen molar-refractivity contribution >= 4 is 33.9 Å². The Morgan fingerprint density at radius 2 is 1.94 bits per heavy atom. The van der Waals surface area contributed by atoms with Crippen molar-refractivity contribution in [2.75, 3.05) is 50.1 Å². The molecule has 1 fully saturated rings. The van der Waals surface area contributed by atoms with Crippen LogP contribution in [0.25, 0.3) is 0 Å². The van der Waals surface area contributed by atoms with E-state index in [2.05, 4.69) is 54.1 Å². The van der Waals surface area contributed by atoms with Crippen LogP contribution < -0.4 is 10.2 Å². The molecule has 1 amide bonds. The highest BCUT2D eigenvalue weighted by atomic mass is 32.1. The number of hydrogen-bond acceptors (Lipinski definition) is 6. The summed E-state index contributed by atoms with van der Waals surface area (Å²) in [7, 11) is 1.40. The zero-order valence-electron chi connectivity index (χ0n) is 19.5. The van der Waals surface area contributed by atoms with Gasteiger partial charge in [-0.25, -0.2) is 4.79 Å². The number of methoxy groups -OCH3 is 1. The number of hydrogen-bond donors (Lipinski definition) is 1. The average Bonchev–Trinajstić information content (AvgIpc) is 3.12. The van der Waals surface area contributed by atoms with Gasteiger partial charge >= 0.3 is 5.97 Å². The Kier molecular flexibility index (Phi) is 6.86. The molecule has 1 aliphatic carbocycles. The number of aryl methyl sites for hydroxylation is 1. The fourth-order valence-electron chi connectivity index (χ4n) is 4.75. The molecule has 1 N–H and O–H groups in total. The maximum absolute atomic E-state index is 12.9. The predicted molar refractivity (Wildman–Crippen MR) is 130 cm³/mol. The van der Waals surface area contributed by atoms with Crippen LogP contribution >= 0.6 is 11.3 Å². The molecule has 2 heterocycles. The number of carbonyl (C=O) groups excluding carboxylic acids is 2. The van der Waals surface area contributed by atoms with Crippen molar-refractivity contribution in [2.45, 2.75) is 40.0 Å². The number of rotatable bonds is 5. The number of benzene rings is 1. The van der Waals surface area contributed by atoms with Gasteiger partial charge in [0.1, 0.15) is 5.00 Å². The van der Waals surface area contributed by atoms with E-state index in [0.717, 1.165) is 51.0 Å². The van der Waals surface area contributed by atoms with E-state index in [4.69, 9.17) is 4.74 Å². The molecule has 7 heteroatoms. The van der Waals surface area contributed by atoms with Gasteiger partial charge in [0.25, 0.3) is 0 Å². The number of fused-ring (bicyclic) bond motifs is 1. The Hall–Kier alpha value is -2.38. The Morgan fingerprint density at radius 3 is 2.66 bits per heavy atom. The smallest absolute Gasteiger partial charge is 0.341 e. The molecule has 1 aromatic carbocycles. The lowest BCUT2D eigenvalue weighted by molar-refractivity contribution is -0.117. The maximum Gasteiger partial charge on any atom is 0.341 e. The molecule has 1 aliphatic heterocycles. The number of carbonyl (C=O) groups is 2. The first kappa shape index (κ1) is 22.8. The van der Waals surface area contributed by atoms with Crippen molar-refractivity contribution in [1.29, 1.82) is 0 Å². The van der Waals surface area contributed by atoms with E-state index >= 15 is 0 Å². The summed E-state index contributed by atoms with van der Waals surface area (Å²) in [6.45, 7) is 10.4. The predicted octanol–water partition coefficient (Wildman–Crippen LogP) is 4.04. The van der Waals surface area contributed by atoms with Gasteiger partial charge in [-0.3, -0.25) is 9.69 Å². The lowest BCUT2D eigenvalue weighted by atomic mass is 9.88. The van der Waals surface area contributed by atoms with Gasteiger partial charge in [0.15, 0.2) is 0 Å². The first-order chi connectivity index (χ1) is 15.4. The highest BCUT2D eigenvalue weighted by Crippen LogP contribution is 2.40. The van der Waals surface area contributed by atoms with Crippen molar-refractivity contribution in [2.24, 2.45) is 5.92 Å². The molecule has 1 atom stereocenters. The minimum Gasteiger partial charge on any atom is -0.465 e. The summed E-state index contributed by atoms with van der Waals surface area (Å²) in [5, 5.41) is 3.68. The lowest BCUT2D eigenvalue weighted by Crippen LogP contribution is -2.48. The van der Waals surface area contributed by atoms with E-state index in [0.29, 0.717) is 23.0 Å². The summed E-state index contributed by atoms with van der Waals surface area (Å²) in [6, 6.07) is 6.43. The number of amides is 1. The number of nitrogens with one attached hydrogen (secondary N) is 1. The highest BCUT2D eigenvalue weighted by Gasteiger charge is 2.29. The number of esters is 1. The summed E-state index contributed by atoms with van der Waals surface area (Å²) in [6.07, 6.45) is 2.89. The molecule has 1 unspecified atom stereocenters. The summed E-state index contributed by atoms with van der Waals surface area (Å²) in [5.41, 5.74) is 5.55. The van der Waals surface area contributed by atoms with Crippen molar-refractivity contribution in [3.05, 3.63) is 45.3 Å². The van der Waals surface area contributed by atoms with E-state index in [1.54, 1.807) is 11.3 Å². The van der Waals surface area contributed by atoms with Crippen LogP contribution in [0.15, 0.2) is 18.2 Å². The molecule has 0 spiro atoms. The van der Waals surface area contributed by atoms with Gasteiger partial charge in [-0.05, 0) is 61.8 Å². The summed E-state index contributed by atoms with van der Waals surface area (Å²) in [4.78, 5) is 31.1. The van der Waals surface area contributed by atoms with Crippen LogP contribution in [0.5, 0.6) is 0 Å². The van der Waals surface area contributed by atoms with E-state index < -0.39 is 0 Å². The average molecular weight is 456 g/mol. The molecule has 2 aromatic rings. The fourth-order valence-corrected chi connectivity index (χ4v) is 6.17. The number of thiophene rings is 1. The minimum absolute atomic E-state index is 0.0676. The largest absolute Gasteiger partial charge is 0.465 e. The van der Waals surface area contributed by atoms with Crippen LogP contribution in [-0.2, 0) is 22.4 Å². The van der Waals surface area contributed by atoms with E-state index in [-0.39, 0.29) is 11.9 Å². The first-order valence-corrected chi connectivity index (χ1v) is 12.2. The summed E-state index contributed by atoms with van der Waals surface area (Å²) >= 11 is 1.54. The third-order valence-corrected chi connectivity index (χ3v) is 7.98. The van der Waals surface area contributed by atoms with Gasteiger partial charge in [-0.2, -0.15) is 0 Å². The maximum atomic E-state index is 12.9. The van der Waals surface area contributed by atoms with Crippen LogP contribution in [0.1, 0.15) is 45.3 Å². The molecule has 6 nitrogen and oxygen atoms in total. The Labute approximate surface area is 194 Å². The van der Waals surface area contributed by atoms with Gasteiger partial charge in [0.05, 0.1) is 19.2 Å². The Morgan fingerprint density at radius 1 is 1.19 bits per heavy atom. The summed E-state index contributed by atoms with van der Waals surface area (Å²) < 4.78 is 5.03. The zero-order valence-corrected chi connectivity index (χ0v) is 20.3. The van der Waals surface area contributed by atoms with Gasteiger partial charge in [0, 0.05) is 36.7 Å². The number of piperazine rings is 1. The van der Waals surface area contributed by atoms with Crippen LogP contribution in [0, 0.1) is 19.8 Å². The summed E-state index contributed by atoms with van der Waals surface area (Å²) in [5.74, 6) is 0.181. The molecular formula is C25H33N3O3S. The lowest BCUT2D eigenvalue weighted by Gasteiger charge is -2.36. The SMILES string of the molecule is COC(=O)c1c(NC(=O)CN2CCN(c3cccc(C)c3C)CC2)sc2c1CCC(C)C2. The van der Waals surface area contributed by atoms with Crippen molar-refractivity contribution < 1.29 is 14.3 Å². The van der Waals surface area contributed by atoms with Crippen LogP contribution in [0.4, 0.5) is 10.7 Å². The molecule has 172 valence electrons. The third-order valence-electron chi connectivity index (χ3n) is 6.81. The van der Waals surface area contributed by atoms with Gasteiger partial charge < -0.3 is 15.0 Å². The molecular weight excluding hydrogens is 422 g/mol. The number of nitrogens with zero attached hydrogens (tertiary/aromatic N) is 2. The highest BCUT2D eigenvalue weighted by molar-refractivity contribution is 7.17. The van der Waals surface area contributed by atoms with Crippen LogP contribution in [0.2, 0.25) is 0 Å². The second-order valence-electron chi connectivity index (χ2n) is 9.08. The van der Waals surface area contributed by atoms with Crippen molar-refractivity contribution in [3.8, 4) is 0 Å². The van der Waals surface area contributed by atoms with Gasteiger partial charge in [-0.15, -0.1) is 11.3 Å². The molecule has 0 saturated carbocycles. The van der Waals surface area contributed by atoms with Gasteiger partial charge in [-0.1, -0.05) is 19.1 Å². The molecule has 1 saturated heterocycles. The molecule has 1 aromatic heterocycles. The zero-order chi connectivity index (χ0) is 22.8. The second-order valence-corrected chi connectivity index (χ2v) is 10.2. The molecule has 0 radical (unpaired) electrons. The standard InChI is InChI=1S/C25H33N3O3S/c1-16-8-9-19-21(14-16)32-24(23(19)25(30)31-4)26-22(29)15-27-10-12-28(13-11-27)20-7-5-6-17(2)18(20)3/h5-7,16H,8-15H2,1-4H3,(H,26,29). The topological polar surface area (TPSA) is 61.9 Å². The molecule has 32 heavy (non-hydrogen) atoms. The number of ether oxygens (including phenoxy) is 1. The fraction of sp³-hybridized carbons (Fsp3) is 0.520. The Balaban J connectivity index is 1.39. The van der Waals surface area contributed by atoms with E-state index in [1.807, 2.05) is 0 Å². The Bertz CT molecular complexity index is 1010. The van der Waals surface area contributed by atoms with Crippen LogP contribution in [0.3, 0.4) is 0 Å². The van der Waals surface area contributed by atoms with Crippen molar-refractivity contribution in [1.82, 2.24) is 4.90 Å². The monoisotopic (exact) mass is 455 g/mol. The van der Waals surface area contributed by atoms with Crippen molar-refractivity contribution in [3.63, 3.8) is 0 Å². The minimum atomic E-state index is -0.352.